The van der Waals surface area contributed by atoms with Crippen LogP contribution in [0.25, 0.3) is 6.08 Å². The predicted octanol–water partition coefficient (Wildman–Crippen LogP) is 4.73. The third kappa shape index (κ3) is 4.48. The molecule has 2 aromatic carbocycles. The highest BCUT2D eigenvalue weighted by atomic mass is 35.5. The number of carbonyl (C=O) groups excluding carboxylic acids is 1. The van der Waals surface area contributed by atoms with E-state index in [1.54, 1.807) is 30.3 Å². The van der Waals surface area contributed by atoms with E-state index >= 15 is 0 Å². The number of anilines is 1. The Balaban J connectivity index is 1.75. The molecule has 5 nitrogen and oxygen atoms in total. The molecule has 0 aliphatic heterocycles. The monoisotopic (exact) mass is 390 g/mol. The lowest BCUT2D eigenvalue weighted by Crippen LogP contribution is -2.07. The van der Waals surface area contributed by atoms with Gasteiger partial charge in [0.25, 0.3) is 0 Å². The molecule has 0 atom stereocenters. The number of hydrogen-bond donors (Lipinski definition) is 1. The molecule has 3 rings (SSSR count). The molecular formula is C22H19ClN4O. The minimum atomic E-state index is -0.271. The molecule has 0 aliphatic rings. The lowest BCUT2D eigenvalue weighted by molar-refractivity contribution is -0.111. The van der Waals surface area contributed by atoms with Gasteiger partial charge in [0.1, 0.15) is 0 Å². The Kier molecular flexibility index (Phi) is 5.93. The van der Waals surface area contributed by atoms with Crippen LogP contribution in [0.2, 0.25) is 5.02 Å². The van der Waals surface area contributed by atoms with E-state index < -0.39 is 0 Å². The Morgan fingerprint density at radius 3 is 2.79 bits per heavy atom. The van der Waals surface area contributed by atoms with E-state index in [9.17, 15) is 4.79 Å². The second-order valence-electron chi connectivity index (χ2n) is 6.35. The van der Waals surface area contributed by atoms with Crippen molar-refractivity contribution in [3.63, 3.8) is 0 Å². The van der Waals surface area contributed by atoms with E-state index in [1.165, 1.54) is 6.08 Å². The molecule has 0 aliphatic carbocycles. The van der Waals surface area contributed by atoms with Gasteiger partial charge in [-0.1, -0.05) is 35.9 Å². The summed E-state index contributed by atoms with van der Waals surface area (Å²) in [6, 6.07) is 16.5. The first-order valence-electron chi connectivity index (χ1n) is 8.74. The molecule has 0 fully saturated rings. The number of rotatable bonds is 5. The fraction of sp³-hybridized carbons (Fsp3) is 0.136. The van der Waals surface area contributed by atoms with Crippen molar-refractivity contribution < 1.29 is 4.79 Å². The van der Waals surface area contributed by atoms with Gasteiger partial charge < -0.3 is 5.32 Å². The van der Waals surface area contributed by atoms with E-state index in [4.69, 9.17) is 16.9 Å². The summed E-state index contributed by atoms with van der Waals surface area (Å²) >= 11 is 6.25. The lowest BCUT2D eigenvalue weighted by atomic mass is 10.1. The van der Waals surface area contributed by atoms with Crippen molar-refractivity contribution in [2.75, 3.05) is 5.32 Å². The zero-order valence-corrected chi connectivity index (χ0v) is 16.4. The van der Waals surface area contributed by atoms with Crippen LogP contribution in [0.5, 0.6) is 0 Å². The molecular weight excluding hydrogens is 372 g/mol. The van der Waals surface area contributed by atoms with E-state index in [0.717, 1.165) is 22.5 Å². The molecule has 1 aromatic heterocycles. The molecule has 1 amide bonds. The molecule has 0 bridgehead atoms. The Labute approximate surface area is 168 Å². The number of carbonyl (C=O) groups is 1. The number of nitrogens with one attached hydrogen (secondary N) is 1. The molecule has 0 saturated heterocycles. The summed E-state index contributed by atoms with van der Waals surface area (Å²) in [5.41, 5.74) is 4.74. The zero-order chi connectivity index (χ0) is 20.1. The van der Waals surface area contributed by atoms with Crippen LogP contribution in [0.4, 0.5) is 5.69 Å². The lowest BCUT2D eigenvalue weighted by Gasteiger charge is -2.06. The first-order chi connectivity index (χ1) is 13.5. The van der Waals surface area contributed by atoms with Crippen molar-refractivity contribution in [2.45, 2.75) is 20.4 Å². The van der Waals surface area contributed by atoms with Crippen LogP contribution < -0.4 is 5.32 Å². The van der Waals surface area contributed by atoms with Crippen LogP contribution >= 0.6 is 11.6 Å². The van der Waals surface area contributed by atoms with Gasteiger partial charge in [0, 0.05) is 28.0 Å². The quantitative estimate of drug-likeness (QED) is 0.640. The standard InChI is InChI=1S/C22H19ClN4O/c1-15-20(10-11-22(28)25-19-8-5-6-17(12-19)13-24)16(2)27(26-15)14-18-7-3-4-9-21(18)23/h3-12H,14H2,1-2H3,(H,25,28)/b11-10+. The number of aryl methyl sites for hydroxylation is 1. The molecule has 140 valence electrons. The fourth-order valence-electron chi connectivity index (χ4n) is 2.90. The van der Waals surface area contributed by atoms with Crippen LogP contribution in [-0.2, 0) is 11.3 Å². The third-order valence-electron chi connectivity index (χ3n) is 4.38. The summed E-state index contributed by atoms with van der Waals surface area (Å²) in [7, 11) is 0. The predicted molar refractivity (Wildman–Crippen MR) is 111 cm³/mol. The number of nitriles is 1. The van der Waals surface area contributed by atoms with E-state index in [1.807, 2.05) is 42.8 Å². The Bertz CT molecular complexity index is 1090. The Morgan fingerprint density at radius 2 is 2.04 bits per heavy atom. The Hall–Kier alpha value is -3.36. The number of benzene rings is 2. The van der Waals surface area contributed by atoms with Gasteiger partial charge in [-0.05, 0) is 49.8 Å². The van der Waals surface area contributed by atoms with Gasteiger partial charge in [0.15, 0.2) is 0 Å². The maximum atomic E-state index is 12.2. The van der Waals surface area contributed by atoms with Gasteiger partial charge in [-0.3, -0.25) is 9.48 Å². The highest BCUT2D eigenvalue weighted by molar-refractivity contribution is 6.31. The molecule has 3 aromatic rings. The smallest absolute Gasteiger partial charge is 0.248 e. The maximum Gasteiger partial charge on any atom is 0.248 e. The zero-order valence-electron chi connectivity index (χ0n) is 15.6. The van der Waals surface area contributed by atoms with Crippen LogP contribution in [0, 0.1) is 25.2 Å². The van der Waals surface area contributed by atoms with Crippen molar-refractivity contribution in [3.05, 3.63) is 87.7 Å². The van der Waals surface area contributed by atoms with Crippen LogP contribution in [0.1, 0.15) is 28.1 Å². The average Bonchev–Trinajstić information content (AvgIpc) is 2.95. The minimum absolute atomic E-state index is 0.271. The minimum Gasteiger partial charge on any atom is -0.322 e. The van der Waals surface area contributed by atoms with Gasteiger partial charge in [0.2, 0.25) is 5.91 Å². The summed E-state index contributed by atoms with van der Waals surface area (Å²) in [5.74, 6) is -0.271. The van der Waals surface area contributed by atoms with Gasteiger partial charge in [-0.15, -0.1) is 0 Å². The second kappa shape index (κ2) is 8.55. The molecule has 0 radical (unpaired) electrons. The topological polar surface area (TPSA) is 70.7 Å². The largest absolute Gasteiger partial charge is 0.322 e. The van der Waals surface area contributed by atoms with Crippen molar-refractivity contribution >= 4 is 29.3 Å². The first kappa shape index (κ1) is 19.4. The molecule has 0 spiro atoms. The number of hydrogen-bond acceptors (Lipinski definition) is 3. The van der Waals surface area contributed by atoms with Crippen molar-refractivity contribution in [2.24, 2.45) is 0 Å². The number of aromatic nitrogens is 2. The molecule has 1 heterocycles. The normalized spacial score (nSPS) is 10.8. The first-order valence-corrected chi connectivity index (χ1v) is 9.12. The maximum absolute atomic E-state index is 12.2. The summed E-state index contributed by atoms with van der Waals surface area (Å²) in [6.45, 7) is 4.43. The van der Waals surface area contributed by atoms with Gasteiger partial charge in [-0.2, -0.15) is 10.4 Å². The van der Waals surface area contributed by atoms with Crippen molar-refractivity contribution in [1.82, 2.24) is 9.78 Å². The number of amides is 1. The molecule has 28 heavy (non-hydrogen) atoms. The van der Waals surface area contributed by atoms with Crippen LogP contribution in [0.3, 0.4) is 0 Å². The van der Waals surface area contributed by atoms with E-state index in [0.29, 0.717) is 22.8 Å². The van der Waals surface area contributed by atoms with Gasteiger partial charge in [0.05, 0.1) is 23.9 Å². The summed E-state index contributed by atoms with van der Waals surface area (Å²) in [4.78, 5) is 12.2. The summed E-state index contributed by atoms with van der Waals surface area (Å²) in [5, 5.41) is 17.0. The second-order valence-corrected chi connectivity index (χ2v) is 6.76. The summed E-state index contributed by atoms with van der Waals surface area (Å²) in [6.07, 6.45) is 3.22. The molecule has 0 saturated carbocycles. The van der Waals surface area contributed by atoms with Crippen LogP contribution in [-0.4, -0.2) is 15.7 Å². The van der Waals surface area contributed by atoms with E-state index in [2.05, 4.69) is 16.5 Å². The van der Waals surface area contributed by atoms with Crippen molar-refractivity contribution in [3.8, 4) is 6.07 Å². The van der Waals surface area contributed by atoms with Crippen molar-refractivity contribution in [1.29, 1.82) is 5.26 Å². The highest BCUT2D eigenvalue weighted by Gasteiger charge is 2.11. The average molecular weight is 391 g/mol. The molecule has 1 N–H and O–H groups in total. The van der Waals surface area contributed by atoms with E-state index in [-0.39, 0.29) is 5.91 Å². The Morgan fingerprint density at radius 1 is 1.25 bits per heavy atom. The van der Waals surface area contributed by atoms with Gasteiger partial charge >= 0.3 is 0 Å². The highest BCUT2D eigenvalue weighted by Crippen LogP contribution is 2.20. The number of nitrogens with zero attached hydrogens (tertiary/aromatic N) is 3. The molecule has 6 heteroatoms. The summed E-state index contributed by atoms with van der Waals surface area (Å²) < 4.78 is 1.88. The van der Waals surface area contributed by atoms with Crippen LogP contribution in [0.15, 0.2) is 54.6 Å². The SMILES string of the molecule is Cc1nn(Cc2ccccc2Cl)c(C)c1/C=C/C(=O)Nc1cccc(C#N)c1. The number of halogens is 1. The third-order valence-corrected chi connectivity index (χ3v) is 4.74. The van der Waals surface area contributed by atoms with Gasteiger partial charge in [-0.25, -0.2) is 0 Å². The molecule has 0 unspecified atom stereocenters. The fourth-order valence-corrected chi connectivity index (χ4v) is 3.10.